The first-order valence-corrected chi connectivity index (χ1v) is 9.45. The molecule has 1 N–H and O–H groups in total. The Bertz CT molecular complexity index is 622. The first kappa shape index (κ1) is 19.1. The molecular formula is C20H29NO5. The Balaban J connectivity index is 1.77. The highest BCUT2D eigenvalue weighted by Gasteiger charge is 2.52. The maximum atomic E-state index is 13.3. The Labute approximate surface area is 155 Å². The number of carbonyl (C=O) groups is 1. The highest BCUT2D eigenvalue weighted by atomic mass is 16.5. The Hall–Kier alpha value is -1.63. The lowest BCUT2D eigenvalue weighted by atomic mass is 9.79. The first-order chi connectivity index (χ1) is 12.6. The Morgan fingerprint density at radius 2 is 2.12 bits per heavy atom. The van der Waals surface area contributed by atoms with Crippen molar-refractivity contribution < 1.29 is 24.1 Å². The molecule has 0 spiro atoms. The van der Waals surface area contributed by atoms with Crippen LogP contribution in [0.2, 0.25) is 0 Å². The molecule has 1 aromatic carbocycles. The number of para-hydroxylation sites is 1. The molecule has 6 nitrogen and oxygen atoms in total. The maximum absolute atomic E-state index is 13.3. The predicted octanol–water partition coefficient (Wildman–Crippen LogP) is 2.25. The third-order valence-corrected chi connectivity index (χ3v) is 5.63. The fourth-order valence-corrected chi connectivity index (χ4v) is 4.20. The normalized spacial score (nSPS) is 28.0. The number of fused-ring (bicyclic) bond motifs is 1. The molecule has 0 unspecified atom stereocenters. The van der Waals surface area contributed by atoms with E-state index in [0.29, 0.717) is 44.1 Å². The quantitative estimate of drug-likeness (QED) is 0.753. The summed E-state index contributed by atoms with van der Waals surface area (Å²) in [7, 11) is 1.71. The van der Waals surface area contributed by atoms with E-state index in [1.54, 1.807) is 13.2 Å². The number of methoxy groups -OCH3 is 1. The summed E-state index contributed by atoms with van der Waals surface area (Å²) in [6.45, 7) is 4.11. The van der Waals surface area contributed by atoms with Crippen LogP contribution in [-0.4, -0.2) is 67.1 Å². The molecule has 1 aromatic rings. The standard InChI is InChI=1S/C20H29NO5/c1-3-25-12-13-26-17-7-5-4-6-16(17)19(23)21-11-10-20(24-2)9-8-15(22)14-18(20)21/h4-7,15,18,22H,3,8-14H2,1-2H3/t15-,18+,20-/m1/s1. The first-order valence-electron chi connectivity index (χ1n) is 9.45. The van der Waals surface area contributed by atoms with Gasteiger partial charge in [0, 0.05) is 20.3 Å². The second-order valence-corrected chi connectivity index (χ2v) is 7.00. The second-order valence-electron chi connectivity index (χ2n) is 7.00. The number of rotatable bonds is 7. The molecule has 1 saturated carbocycles. The highest BCUT2D eigenvalue weighted by molar-refractivity contribution is 5.97. The summed E-state index contributed by atoms with van der Waals surface area (Å²) in [6.07, 6.45) is 2.50. The highest BCUT2D eigenvalue weighted by Crippen LogP contribution is 2.43. The van der Waals surface area contributed by atoms with E-state index >= 15 is 0 Å². The van der Waals surface area contributed by atoms with Gasteiger partial charge in [0.15, 0.2) is 0 Å². The fourth-order valence-electron chi connectivity index (χ4n) is 4.20. The summed E-state index contributed by atoms with van der Waals surface area (Å²) >= 11 is 0. The van der Waals surface area contributed by atoms with E-state index in [4.69, 9.17) is 14.2 Å². The van der Waals surface area contributed by atoms with Crippen LogP contribution in [0.15, 0.2) is 24.3 Å². The van der Waals surface area contributed by atoms with Crippen LogP contribution in [0.25, 0.3) is 0 Å². The van der Waals surface area contributed by atoms with Gasteiger partial charge in [0.2, 0.25) is 0 Å². The van der Waals surface area contributed by atoms with Crippen LogP contribution in [-0.2, 0) is 9.47 Å². The Kier molecular flexibility index (Phi) is 6.16. The zero-order valence-electron chi connectivity index (χ0n) is 15.6. The van der Waals surface area contributed by atoms with Gasteiger partial charge in [-0.25, -0.2) is 0 Å². The number of ether oxygens (including phenoxy) is 3. The van der Waals surface area contributed by atoms with Gasteiger partial charge in [-0.1, -0.05) is 12.1 Å². The minimum Gasteiger partial charge on any atom is -0.490 e. The number of hydrogen-bond donors (Lipinski definition) is 1. The van der Waals surface area contributed by atoms with Crippen LogP contribution in [0, 0.1) is 0 Å². The van der Waals surface area contributed by atoms with Crippen molar-refractivity contribution in [1.82, 2.24) is 4.90 Å². The van der Waals surface area contributed by atoms with Gasteiger partial charge in [0.25, 0.3) is 5.91 Å². The Morgan fingerprint density at radius 3 is 2.88 bits per heavy atom. The average molecular weight is 363 g/mol. The number of carbonyl (C=O) groups excluding carboxylic acids is 1. The third kappa shape index (κ3) is 3.72. The summed E-state index contributed by atoms with van der Waals surface area (Å²) < 4.78 is 16.9. The van der Waals surface area contributed by atoms with Crippen molar-refractivity contribution in [2.45, 2.75) is 50.4 Å². The number of benzene rings is 1. The van der Waals surface area contributed by atoms with Crippen LogP contribution >= 0.6 is 0 Å². The van der Waals surface area contributed by atoms with Gasteiger partial charge < -0.3 is 24.2 Å². The van der Waals surface area contributed by atoms with Gasteiger partial charge in [-0.3, -0.25) is 4.79 Å². The van der Waals surface area contributed by atoms with E-state index in [9.17, 15) is 9.90 Å². The lowest BCUT2D eigenvalue weighted by Crippen LogP contribution is -2.52. The minimum atomic E-state index is -0.380. The molecule has 26 heavy (non-hydrogen) atoms. The van der Waals surface area contributed by atoms with E-state index in [1.165, 1.54) is 0 Å². The van der Waals surface area contributed by atoms with E-state index in [0.717, 1.165) is 19.3 Å². The van der Waals surface area contributed by atoms with E-state index in [2.05, 4.69) is 0 Å². The van der Waals surface area contributed by atoms with Crippen molar-refractivity contribution in [2.24, 2.45) is 0 Å². The lowest BCUT2D eigenvalue weighted by Gasteiger charge is -2.42. The van der Waals surface area contributed by atoms with Gasteiger partial charge in [-0.15, -0.1) is 0 Å². The molecule has 2 fully saturated rings. The zero-order valence-corrected chi connectivity index (χ0v) is 15.6. The van der Waals surface area contributed by atoms with Gasteiger partial charge in [0.1, 0.15) is 12.4 Å². The molecule has 1 saturated heterocycles. The molecule has 144 valence electrons. The molecule has 3 rings (SSSR count). The number of amides is 1. The minimum absolute atomic E-state index is 0.0602. The van der Waals surface area contributed by atoms with Gasteiger partial charge >= 0.3 is 0 Å². The maximum Gasteiger partial charge on any atom is 0.257 e. The van der Waals surface area contributed by atoms with Crippen molar-refractivity contribution in [3.63, 3.8) is 0 Å². The molecule has 1 amide bonds. The van der Waals surface area contributed by atoms with Crippen molar-refractivity contribution in [3.8, 4) is 5.75 Å². The van der Waals surface area contributed by atoms with Crippen molar-refractivity contribution in [3.05, 3.63) is 29.8 Å². The van der Waals surface area contributed by atoms with Crippen LogP contribution < -0.4 is 4.74 Å². The van der Waals surface area contributed by atoms with Crippen LogP contribution in [0.4, 0.5) is 0 Å². The van der Waals surface area contributed by atoms with Crippen molar-refractivity contribution in [2.75, 3.05) is 33.5 Å². The lowest BCUT2D eigenvalue weighted by molar-refractivity contribution is -0.0824. The SMILES string of the molecule is CCOCCOc1ccccc1C(=O)N1CC[C@]2(OC)CC[C@@H](O)C[C@H]12. The second kappa shape index (κ2) is 8.37. The third-order valence-electron chi connectivity index (χ3n) is 5.63. The molecule has 0 bridgehead atoms. The summed E-state index contributed by atoms with van der Waals surface area (Å²) in [5, 5.41) is 10.1. The predicted molar refractivity (Wildman–Crippen MR) is 97.5 cm³/mol. The van der Waals surface area contributed by atoms with Gasteiger partial charge in [-0.2, -0.15) is 0 Å². The zero-order chi connectivity index (χ0) is 18.6. The van der Waals surface area contributed by atoms with Gasteiger partial charge in [0.05, 0.1) is 29.9 Å². The summed E-state index contributed by atoms with van der Waals surface area (Å²) in [6, 6.07) is 7.22. The number of nitrogens with zero attached hydrogens (tertiary/aromatic N) is 1. The molecule has 0 aromatic heterocycles. The summed E-state index contributed by atoms with van der Waals surface area (Å²) in [4.78, 5) is 15.1. The monoisotopic (exact) mass is 363 g/mol. The molecule has 0 radical (unpaired) electrons. The smallest absolute Gasteiger partial charge is 0.257 e. The summed E-state index contributed by atoms with van der Waals surface area (Å²) in [5.41, 5.74) is 0.218. The average Bonchev–Trinajstić information content (AvgIpc) is 3.04. The van der Waals surface area contributed by atoms with Crippen LogP contribution in [0.5, 0.6) is 5.75 Å². The number of likely N-dealkylation sites (tertiary alicyclic amines) is 1. The Morgan fingerprint density at radius 1 is 1.31 bits per heavy atom. The number of hydrogen-bond acceptors (Lipinski definition) is 5. The number of aliphatic hydroxyl groups excluding tert-OH is 1. The van der Waals surface area contributed by atoms with E-state index in [-0.39, 0.29) is 23.7 Å². The van der Waals surface area contributed by atoms with Crippen molar-refractivity contribution in [1.29, 1.82) is 0 Å². The molecule has 1 aliphatic heterocycles. The molecular weight excluding hydrogens is 334 g/mol. The number of aliphatic hydroxyl groups is 1. The summed E-state index contributed by atoms with van der Waals surface area (Å²) in [5.74, 6) is 0.513. The van der Waals surface area contributed by atoms with E-state index in [1.807, 2.05) is 30.0 Å². The molecule has 2 aliphatic rings. The van der Waals surface area contributed by atoms with Gasteiger partial charge in [-0.05, 0) is 44.7 Å². The topological polar surface area (TPSA) is 68.2 Å². The van der Waals surface area contributed by atoms with E-state index < -0.39 is 0 Å². The van der Waals surface area contributed by atoms with Crippen molar-refractivity contribution >= 4 is 5.91 Å². The molecule has 1 aliphatic carbocycles. The van der Waals surface area contributed by atoms with Crippen LogP contribution in [0.1, 0.15) is 43.0 Å². The fraction of sp³-hybridized carbons (Fsp3) is 0.650. The van der Waals surface area contributed by atoms with Crippen LogP contribution in [0.3, 0.4) is 0 Å². The largest absolute Gasteiger partial charge is 0.490 e. The molecule has 1 heterocycles. The molecule has 3 atom stereocenters. The molecule has 6 heteroatoms.